The van der Waals surface area contributed by atoms with Gasteiger partial charge in [-0.15, -0.1) is 11.8 Å². The molecule has 3 aliphatic rings. The van der Waals surface area contributed by atoms with Crippen LogP contribution >= 0.6 is 11.8 Å². The second-order valence-electron chi connectivity index (χ2n) is 10.3. The number of unbranched alkanes of at least 4 members (excludes halogenated alkanes) is 1. The molecule has 9 atom stereocenters. The molecule has 3 saturated heterocycles. The summed E-state index contributed by atoms with van der Waals surface area (Å²) in [5, 5.41) is 24.1. The van der Waals surface area contributed by atoms with E-state index in [2.05, 4.69) is 12.2 Å². The normalized spacial score (nSPS) is 38.6. The first-order valence-corrected chi connectivity index (χ1v) is 13.9. The molecule has 0 aromatic carbocycles. The lowest BCUT2D eigenvalue weighted by molar-refractivity contribution is -0.157. The van der Waals surface area contributed by atoms with Crippen LogP contribution in [0, 0.1) is 17.8 Å². The van der Waals surface area contributed by atoms with Gasteiger partial charge < -0.3 is 29.8 Å². The Hall–Kier alpha value is -0.315. The molecular formula is C24H43BN2O5S. The summed E-state index contributed by atoms with van der Waals surface area (Å²) in [4.78, 5) is 15.1. The largest absolute Gasteiger partial charge is 0.390 e. The van der Waals surface area contributed by atoms with Gasteiger partial charge in [0.1, 0.15) is 17.6 Å². The first kappa shape index (κ1) is 27.3. The van der Waals surface area contributed by atoms with Crippen LogP contribution in [0.4, 0.5) is 0 Å². The highest BCUT2D eigenvalue weighted by atomic mass is 32.2. The van der Waals surface area contributed by atoms with Crippen molar-refractivity contribution in [3.05, 3.63) is 0 Å². The summed E-state index contributed by atoms with van der Waals surface area (Å²) < 4.78 is 12.3. The molecule has 3 rings (SSSR count). The Kier molecular flexibility index (Phi) is 10.4. The Morgan fingerprint density at radius 1 is 1.24 bits per heavy atom. The molecule has 3 heterocycles. The molecule has 188 valence electrons. The van der Waals surface area contributed by atoms with Crippen LogP contribution in [0.25, 0.3) is 0 Å². The van der Waals surface area contributed by atoms with Crippen molar-refractivity contribution in [2.45, 2.75) is 108 Å². The van der Waals surface area contributed by atoms with E-state index in [0.29, 0.717) is 19.1 Å². The van der Waals surface area contributed by atoms with E-state index in [1.54, 1.807) is 4.81 Å². The van der Waals surface area contributed by atoms with Crippen LogP contribution in [0.1, 0.15) is 66.2 Å². The number of nitrogens with zero attached hydrogens (tertiary/aromatic N) is 1. The topological polar surface area (TPSA) is 91.3 Å². The van der Waals surface area contributed by atoms with Crippen LogP contribution in [0.3, 0.4) is 0 Å². The summed E-state index contributed by atoms with van der Waals surface area (Å²) in [5.41, 5.74) is -0.409. The van der Waals surface area contributed by atoms with Crippen molar-refractivity contribution in [2.75, 3.05) is 18.9 Å². The van der Waals surface area contributed by atoms with Gasteiger partial charge in [0.05, 0.1) is 24.4 Å². The molecule has 3 aliphatic heterocycles. The zero-order chi connectivity index (χ0) is 24.1. The van der Waals surface area contributed by atoms with Gasteiger partial charge in [0.15, 0.2) is 7.98 Å². The highest BCUT2D eigenvalue weighted by molar-refractivity contribution is 7.99. The summed E-state index contributed by atoms with van der Waals surface area (Å²) in [6.45, 7) is 9.56. The zero-order valence-electron chi connectivity index (χ0n) is 20.7. The van der Waals surface area contributed by atoms with Gasteiger partial charge in [-0.1, -0.05) is 47.0 Å². The Morgan fingerprint density at radius 2 is 2.00 bits per heavy atom. The summed E-state index contributed by atoms with van der Waals surface area (Å²) >= 11 is 1.52. The first-order valence-electron chi connectivity index (χ1n) is 12.8. The number of amides is 1. The number of aliphatic hydroxyl groups excluding tert-OH is 2. The highest BCUT2D eigenvalue weighted by Gasteiger charge is 2.48. The first-order chi connectivity index (χ1) is 15.8. The molecule has 3 fully saturated rings. The summed E-state index contributed by atoms with van der Waals surface area (Å²) in [6.07, 6.45) is 3.59. The number of aliphatic hydroxyl groups is 2. The SMILES string of the molecule is [B]N1CC2C[C@H](CCCC)CCO[C@H]2[C@H]1C(=O)NC(C(C)C)C1OC(SCC)C(O)CC1O. The molecule has 0 aliphatic carbocycles. The number of thioether (sulfide) groups is 1. The van der Waals surface area contributed by atoms with Crippen LogP contribution in [0.2, 0.25) is 0 Å². The number of ether oxygens (including phenoxy) is 2. The maximum Gasteiger partial charge on any atom is 0.239 e. The molecule has 1 amide bonds. The minimum absolute atomic E-state index is 0.0352. The molecule has 2 radical (unpaired) electrons. The van der Waals surface area contributed by atoms with Gasteiger partial charge in [-0.25, -0.2) is 0 Å². The standard InChI is InChI=1S/C24H43BN2O5S/c1-5-7-8-15-9-10-31-21-16(11-15)13-27(25)20(21)23(30)26-19(14(3)4)22-17(28)12-18(29)24(32-22)33-6-2/h14-22,24,28-29H,5-13H2,1-4H3,(H,26,30)/t15-,16?,17?,18?,19?,20+,21-,22?,24?/m1/s1. The Morgan fingerprint density at radius 3 is 2.67 bits per heavy atom. The van der Waals surface area contributed by atoms with E-state index in [0.717, 1.165) is 18.6 Å². The number of fused-ring (bicyclic) bond motifs is 1. The van der Waals surface area contributed by atoms with Crippen LogP contribution in [0.15, 0.2) is 0 Å². The van der Waals surface area contributed by atoms with Crippen molar-refractivity contribution < 1.29 is 24.5 Å². The van der Waals surface area contributed by atoms with Crippen molar-refractivity contribution in [1.82, 2.24) is 10.1 Å². The van der Waals surface area contributed by atoms with Crippen LogP contribution < -0.4 is 5.32 Å². The fourth-order valence-corrected chi connectivity index (χ4v) is 6.56. The van der Waals surface area contributed by atoms with Crippen LogP contribution in [-0.4, -0.2) is 89.8 Å². The van der Waals surface area contributed by atoms with Crippen molar-refractivity contribution in [1.29, 1.82) is 0 Å². The maximum atomic E-state index is 13.5. The van der Waals surface area contributed by atoms with E-state index < -0.39 is 35.8 Å². The van der Waals surface area contributed by atoms with Crippen LogP contribution in [0.5, 0.6) is 0 Å². The smallest absolute Gasteiger partial charge is 0.239 e. The summed E-state index contributed by atoms with van der Waals surface area (Å²) in [7, 11) is 6.35. The Labute approximate surface area is 205 Å². The molecule has 0 aromatic heterocycles. The van der Waals surface area contributed by atoms with Gasteiger partial charge in [0.25, 0.3) is 0 Å². The monoisotopic (exact) mass is 482 g/mol. The molecule has 0 bridgehead atoms. The minimum Gasteiger partial charge on any atom is -0.390 e. The third-order valence-electron chi connectivity index (χ3n) is 7.47. The number of nitrogens with one attached hydrogen (secondary N) is 1. The highest BCUT2D eigenvalue weighted by Crippen LogP contribution is 2.36. The van der Waals surface area contributed by atoms with Crippen molar-refractivity contribution in [2.24, 2.45) is 17.8 Å². The second-order valence-corrected chi connectivity index (χ2v) is 11.7. The van der Waals surface area contributed by atoms with Gasteiger partial charge in [0, 0.05) is 13.0 Å². The third-order valence-corrected chi connectivity index (χ3v) is 8.55. The van der Waals surface area contributed by atoms with Crippen LogP contribution in [-0.2, 0) is 14.3 Å². The quantitative estimate of drug-likeness (QED) is 0.434. The average molecular weight is 482 g/mol. The van der Waals surface area contributed by atoms with Crippen molar-refractivity contribution >= 4 is 25.7 Å². The summed E-state index contributed by atoms with van der Waals surface area (Å²) in [5.74, 6) is 1.55. The van der Waals surface area contributed by atoms with E-state index in [4.69, 9.17) is 17.5 Å². The number of carbonyl (C=O) groups excluding carboxylic acids is 1. The predicted molar refractivity (Wildman–Crippen MR) is 132 cm³/mol. The number of rotatable bonds is 9. The lowest BCUT2D eigenvalue weighted by Crippen LogP contribution is -2.60. The Balaban J connectivity index is 1.68. The maximum absolute atomic E-state index is 13.5. The average Bonchev–Trinajstić information content (AvgIpc) is 2.93. The molecule has 33 heavy (non-hydrogen) atoms. The fourth-order valence-electron chi connectivity index (χ4n) is 5.69. The molecule has 0 aromatic rings. The van der Waals surface area contributed by atoms with Gasteiger partial charge in [-0.3, -0.25) is 4.79 Å². The van der Waals surface area contributed by atoms with Crippen molar-refractivity contribution in [3.63, 3.8) is 0 Å². The van der Waals surface area contributed by atoms with E-state index in [1.165, 1.54) is 31.0 Å². The third kappa shape index (κ3) is 6.67. The second kappa shape index (κ2) is 12.6. The molecule has 3 N–H and O–H groups in total. The fraction of sp³-hybridized carbons (Fsp3) is 0.958. The molecule has 7 nitrogen and oxygen atoms in total. The van der Waals surface area contributed by atoms with Gasteiger partial charge in [-0.05, 0) is 42.9 Å². The lowest BCUT2D eigenvalue weighted by atomic mass is 9.86. The van der Waals surface area contributed by atoms with E-state index in [9.17, 15) is 15.0 Å². The molecule has 6 unspecified atom stereocenters. The van der Waals surface area contributed by atoms with E-state index in [1.807, 2.05) is 20.8 Å². The van der Waals surface area contributed by atoms with Gasteiger partial charge >= 0.3 is 0 Å². The zero-order valence-corrected chi connectivity index (χ0v) is 21.5. The number of carbonyl (C=O) groups is 1. The lowest BCUT2D eigenvalue weighted by Gasteiger charge is -2.42. The Bertz CT molecular complexity index is 630. The van der Waals surface area contributed by atoms with Crippen molar-refractivity contribution in [3.8, 4) is 0 Å². The number of hydrogen-bond donors (Lipinski definition) is 3. The minimum atomic E-state index is -0.847. The number of hydrogen-bond acceptors (Lipinski definition) is 7. The molecule has 0 spiro atoms. The van der Waals surface area contributed by atoms with E-state index >= 15 is 0 Å². The van der Waals surface area contributed by atoms with Gasteiger partial charge in [-0.2, -0.15) is 0 Å². The van der Waals surface area contributed by atoms with Gasteiger partial charge in [0.2, 0.25) is 5.91 Å². The molecular weight excluding hydrogens is 439 g/mol. The van der Waals surface area contributed by atoms with E-state index in [-0.39, 0.29) is 30.3 Å². The summed E-state index contributed by atoms with van der Waals surface area (Å²) in [6, 6.07) is -0.941. The predicted octanol–water partition coefficient (Wildman–Crippen LogP) is 2.09. The molecule has 9 heteroatoms. The molecule has 0 saturated carbocycles.